The van der Waals surface area contributed by atoms with E-state index >= 15 is 0 Å². The second-order valence-corrected chi connectivity index (χ2v) is 11.2. The first kappa shape index (κ1) is 29.4. The van der Waals surface area contributed by atoms with Crippen molar-refractivity contribution in [3.05, 3.63) is 108 Å². The van der Waals surface area contributed by atoms with Crippen LogP contribution >= 0.6 is 0 Å². The molecule has 2 aliphatic rings. The summed E-state index contributed by atoms with van der Waals surface area (Å²) in [4.78, 5) is 18.9. The predicted molar refractivity (Wildman–Crippen MR) is 158 cm³/mol. The van der Waals surface area contributed by atoms with Gasteiger partial charge in [0.2, 0.25) is 5.91 Å². The summed E-state index contributed by atoms with van der Waals surface area (Å²) in [6, 6.07) is 30.2. The molecule has 1 unspecified atom stereocenters. The van der Waals surface area contributed by atoms with Crippen molar-refractivity contribution >= 4 is 5.91 Å². The fraction of sp³-hybridized carbons (Fsp3) is 0.441. The van der Waals surface area contributed by atoms with Crippen LogP contribution in [-0.4, -0.2) is 72.7 Å². The molecule has 0 aromatic heterocycles. The van der Waals surface area contributed by atoms with Gasteiger partial charge in [0.1, 0.15) is 11.6 Å². The normalized spacial score (nSPS) is 23.6. The van der Waals surface area contributed by atoms with E-state index in [1.165, 1.54) is 0 Å². The number of methoxy groups -OCH3 is 2. The standard InChI is InChI=1S/C34H42N2O5/c1-39-32(40-2)20-29-23-36(22-27-14-8-4-9-15-27)34(31(37)25-41-24-28-16-10-5-11-17-28)30(29)18-19-35(33(34)38)21-26-12-6-3-7-13-26/h3-17,29-32,37H,18-25H2,1-2H3/t29-,30-,31?,34-/m1/s1. The second kappa shape index (κ2) is 13.7. The van der Waals surface area contributed by atoms with Gasteiger partial charge in [-0.25, -0.2) is 0 Å². The molecule has 2 heterocycles. The van der Waals surface area contributed by atoms with Crippen molar-refractivity contribution < 1.29 is 24.1 Å². The lowest BCUT2D eigenvalue weighted by Crippen LogP contribution is -2.69. The van der Waals surface area contributed by atoms with Crippen LogP contribution in [0.2, 0.25) is 0 Å². The van der Waals surface area contributed by atoms with Gasteiger partial charge in [-0.05, 0) is 34.9 Å². The number of benzene rings is 3. The minimum Gasteiger partial charge on any atom is -0.388 e. The van der Waals surface area contributed by atoms with E-state index in [-0.39, 0.29) is 30.6 Å². The zero-order valence-corrected chi connectivity index (χ0v) is 24.1. The van der Waals surface area contributed by atoms with Gasteiger partial charge in [-0.2, -0.15) is 0 Å². The van der Waals surface area contributed by atoms with Crippen LogP contribution in [0, 0.1) is 11.8 Å². The van der Waals surface area contributed by atoms with Gasteiger partial charge in [-0.15, -0.1) is 0 Å². The summed E-state index contributed by atoms with van der Waals surface area (Å²) in [5.41, 5.74) is 2.08. The molecule has 0 aliphatic carbocycles. The van der Waals surface area contributed by atoms with Crippen LogP contribution < -0.4 is 0 Å². The molecule has 4 atom stereocenters. The predicted octanol–water partition coefficient (Wildman–Crippen LogP) is 4.49. The third-order valence-corrected chi connectivity index (χ3v) is 8.80. The average Bonchev–Trinajstić information content (AvgIpc) is 3.32. The fourth-order valence-electron chi connectivity index (χ4n) is 6.87. The summed E-state index contributed by atoms with van der Waals surface area (Å²) in [7, 11) is 3.30. The monoisotopic (exact) mass is 558 g/mol. The Morgan fingerprint density at radius 1 is 0.854 bits per heavy atom. The Hall–Kier alpha value is -3.07. The van der Waals surface area contributed by atoms with Crippen LogP contribution in [0.1, 0.15) is 29.5 Å². The van der Waals surface area contributed by atoms with Crippen molar-refractivity contribution in [1.29, 1.82) is 0 Å². The number of aliphatic hydroxyl groups excluding tert-OH is 1. The second-order valence-electron chi connectivity index (χ2n) is 11.2. The number of carbonyl (C=O) groups excluding carboxylic acids is 1. The zero-order chi connectivity index (χ0) is 28.7. The van der Waals surface area contributed by atoms with Crippen molar-refractivity contribution in [2.75, 3.05) is 33.9 Å². The smallest absolute Gasteiger partial charge is 0.246 e. The summed E-state index contributed by atoms with van der Waals surface area (Å²) in [5, 5.41) is 12.1. The molecule has 5 rings (SSSR count). The number of ether oxygens (including phenoxy) is 3. The fourth-order valence-corrected chi connectivity index (χ4v) is 6.87. The number of likely N-dealkylation sites (tertiary alicyclic amines) is 2. The molecular weight excluding hydrogens is 516 g/mol. The Morgan fingerprint density at radius 3 is 2.00 bits per heavy atom. The molecule has 2 aliphatic heterocycles. The summed E-state index contributed by atoms with van der Waals surface area (Å²) in [6.45, 7) is 2.79. The molecule has 3 aromatic rings. The number of rotatable bonds is 13. The van der Waals surface area contributed by atoms with Crippen LogP contribution in [-0.2, 0) is 38.7 Å². The molecule has 2 saturated heterocycles. The molecule has 1 amide bonds. The van der Waals surface area contributed by atoms with E-state index in [4.69, 9.17) is 14.2 Å². The Morgan fingerprint density at radius 2 is 1.41 bits per heavy atom. The van der Waals surface area contributed by atoms with E-state index < -0.39 is 11.6 Å². The minimum absolute atomic E-state index is 0.0294. The van der Waals surface area contributed by atoms with E-state index in [9.17, 15) is 9.90 Å². The number of hydrogen-bond donors (Lipinski definition) is 1. The van der Waals surface area contributed by atoms with Crippen LogP contribution in [0.3, 0.4) is 0 Å². The zero-order valence-electron chi connectivity index (χ0n) is 24.1. The Balaban J connectivity index is 1.49. The number of nitrogens with zero attached hydrogens (tertiary/aromatic N) is 2. The molecule has 218 valence electrons. The maximum atomic E-state index is 14.8. The van der Waals surface area contributed by atoms with Gasteiger partial charge in [0, 0.05) is 46.8 Å². The van der Waals surface area contributed by atoms with E-state index in [1.54, 1.807) is 14.2 Å². The highest BCUT2D eigenvalue weighted by Gasteiger charge is 2.64. The van der Waals surface area contributed by atoms with E-state index in [2.05, 4.69) is 17.0 Å². The van der Waals surface area contributed by atoms with Crippen LogP contribution in [0.15, 0.2) is 91.0 Å². The molecule has 3 aromatic carbocycles. The van der Waals surface area contributed by atoms with Crippen molar-refractivity contribution in [3.8, 4) is 0 Å². The molecule has 7 nitrogen and oxygen atoms in total. The first-order chi connectivity index (χ1) is 20.1. The molecule has 0 spiro atoms. The Labute approximate surface area is 243 Å². The molecule has 7 heteroatoms. The molecule has 0 saturated carbocycles. The van der Waals surface area contributed by atoms with E-state index in [1.807, 2.05) is 83.8 Å². The van der Waals surface area contributed by atoms with Crippen LogP contribution in [0.25, 0.3) is 0 Å². The minimum atomic E-state index is -1.13. The lowest BCUT2D eigenvalue weighted by atomic mass is 9.70. The number of fused-ring (bicyclic) bond motifs is 1. The van der Waals surface area contributed by atoms with Gasteiger partial charge in [0.05, 0.1) is 13.2 Å². The SMILES string of the molecule is COC(C[C@@H]1CN(Cc2ccccc2)[C@]2(C(O)COCc3ccccc3)C(=O)N(Cc3ccccc3)CC[C@H]12)OC. The number of carbonyl (C=O) groups is 1. The maximum Gasteiger partial charge on any atom is 0.246 e. The lowest BCUT2D eigenvalue weighted by Gasteiger charge is -2.50. The van der Waals surface area contributed by atoms with Gasteiger partial charge >= 0.3 is 0 Å². The van der Waals surface area contributed by atoms with E-state index in [0.29, 0.717) is 39.2 Å². The topological polar surface area (TPSA) is 71.5 Å². The molecular formula is C34H42N2O5. The summed E-state index contributed by atoms with van der Waals surface area (Å²) in [5.74, 6) is 0.00213. The molecule has 2 fully saturated rings. The van der Waals surface area contributed by atoms with Gasteiger partial charge in [-0.1, -0.05) is 91.0 Å². The third-order valence-electron chi connectivity index (χ3n) is 8.80. The van der Waals surface area contributed by atoms with Gasteiger partial charge < -0.3 is 24.2 Å². The Bertz CT molecular complexity index is 1220. The first-order valence-electron chi connectivity index (χ1n) is 14.5. The van der Waals surface area contributed by atoms with Crippen LogP contribution in [0.5, 0.6) is 0 Å². The largest absolute Gasteiger partial charge is 0.388 e. The summed E-state index contributed by atoms with van der Waals surface area (Å²) < 4.78 is 17.3. The maximum absolute atomic E-state index is 14.8. The molecule has 0 radical (unpaired) electrons. The number of piperidine rings is 1. The van der Waals surface area contributed by atoms with Gasteiger partial charge in [0.15, 0.2) is 6.29 Å². The van der Waals surface area contributed by atoms with Crippen molar-refractivity contribution in [2.24, 2.45) is 11.8 Å². The van der Waals surface area contributed by atoms with Crippen molar-refractivity contribution in [1.82, 2.24) is 9.80 Å². The van der Waals surface area contributed by atoms with Crippen LogP contribution in [0.4, 0.5) is 0 Å². The summed E-state index contributed by atoms with van der Waals surface area (Å²) >= 11 is 0. The third kappa shape index (κ3) is 6.40. The molecule has 41 heavy (non-hydrogen) atoms. The number of aliphatic hydroxyl groups is 1. The van der Waals surface area contributed by atoms with Crippen molar-refractivity contribution in [3.63, 3.8) is 0 Å². The quantitative estimate of drug-likeness (QED) is 0.312. The Kier molecular flexibility index (Phi) is 9.85. The highest BCUT2D eigenvalue weighted by molar-refractivity contribution is 5.89. The highest BCUT2D eigenvalue weighted by Crippen LogP contribution is 2.50. The van der Waals surface area contributed by atoms with E-state index in [0.717, 1.165) is 23.1 Å². The van der Waals surface area contributed by atoms with Gasteiger partial charge in [-0.3, -0.25) is 9.69 Å². The highest BCUT2D eigenvalue weighted by atomic mass is 16.7. The summed E-state index contributed by atoms with van der Waals surface area (Å²) in [6.07, 6.45) is 0.0384. The molecule has 1 N–H and O–H groups in total. The first-order valence-corrected chi connectivity index (χ1v) is 14.5. The van der Waals surface area contributed by atoms with Crippen molar-refractivity contribution in [2.45, 2.75) is 50.5 Å². The van der Waals surface area contributed by atoms with Gasteiger partial charge in [0.25, 0.3) is 0 Å². The average molecular weight is 559 g/mol. The number of amides is 1. The molecule has 0 bridgehead atoms. The number of hydrogen-bond acceptors (Lipinski definition) is 6. The lowest BCUT2D eigenvalue weighted by molar-refractivity contribution is -0.169.